The highest BCUT2D eigenvalue weighted by molar-refractivity contribution is 7.90. The summed E-state index contributed by atoms with van der Waals surface area (Å²) in [5.41, 5.74) is 2.10. The molecule has 0 saturated heterocycles. The number of imidazole rings is 1. The van der Waals surface area contributed by atoms with E-state index in [1.54, 1.807) is 13.0 Å². The number of nitrogens with zero attached hydrogens (tertiary/aromatic N) is 1. The third kappa shape index (κ3) is 3.89. The Labute approximate surface area is 173 Å². The fraction of sp³-hybridized carbons (Fsp3) is 0.286. The molecule has 3 aromatic rings. The third-order valence-electron chi connectivity index (χ3n) is 5.21. The number of halogens is 2. The van der Waals surface area contributed by atoms with E-state index >= 15 is 0 Å². The molecule has 2 heterocycles. The van der Waals surface area contributed by atoms with E-state index in [0.717, 1.165) is 17.6 Å². The molecule has 152 valence electrons. The van der Waals surface area contributed by atoms with Gasteiger partial charge in [-0.1, -0.05) is 35.9 Å². The van der Waals surface area contributed by atoms with Crippen molar-refractivity contribution in [1.82, 2.24) is 9.97 Å². The molecule has 1 aliphatic rings. The molecule has 2 unspecified atom stereocenters. The van der Waals surface area contributed by atoms with Gasteiger partial charge >= 0.3 is 0 Å². The van der Waals surface area contributed by atoms with Crippen LogP contribution in [0.25, 0.3) is 0 Å². The lowest BCUT2D eigenvalue weighted by Gasteiger charge is -2.31. The van der Waals surface area contributed by atoms with Crippen LogP contribution in [0.3, 0.4) is 0 Å². The lowest BCUT2D eigenvalue weighted by atomic mass is 9.80. The maximum atomic E-state index is 14.2. The summed E-state index contributed by atoms with van der Waals surface area (Å²) in [5, 5.41) is 0.106. The maximum Gasteiger partial charge on any atom is 0.192 e. The predicted molar refractivity (Wildman–Crippen MR) is 109 cm³/mol. The van der Waals surface area contributed by atoms with E-state index in [2.05, 4.69) is 9.97 Å². The zero-order valence-electron chi connectivity index (χ0n) is 15.9. The Morgan fingerprint density at radius 1 is 1.28 bits per heavy atom. The number of para-hydroxylation sites is 1. The van der Waals surface area contributed by atoms with Crippen molar-refractivity contribution in [3.8, 4) is 5.75 Å². The number of rotatable bonds is 4. The fourth-order valence-corrected chi connectivity index (χ4v) is 4.89. The van der Waals surface area contributed by atoms with Crippen LogP contribution in [-0.2, 0) is 16.3 Å². The van der Waals surface area contributed by atoms with Crippen molar-refractivity contribution in [2.45, 2.75) is 24.3 Å². The second-order valence-electron chi connectivity index (χ2n) is 7.34. The summed E-state index contributed by atoms with van der Waals surface area (Å²) in [4.78, 5) is 7.46. The molecule has 8 heteroatoms. The molecule has 2 aromatic carbocycles. The van der Waals surface area contributed by atoms with Crippen LogP contribution in [0.4, 0.5) is 4.39 Å². The molecule has 29 heavy (non-hydrogen) atoms. The fourth-order valence-electron chi connectivity index (χ4n) is 3.90. The topological polar surface area (TPSA) is 72.0 Å². The van der Waals surface area contributed by atoms with E-state index in [0.29, 0.717) is 30.1 Å². The summed E-state index contributed by atoms with van der Waals surface area (Å²) in [5.74, 6) is 0.320. The van der Waals surface area contributed by atoms with E-state index in [4.69, 9.17) is 16.3 Å². The molecule has 0 aliphatic carbocycles. The lowest BCUT2D eigenvalue weighted by molar-refractivity contribution is 0.206. The molecule has 0 fully saturated rings. The van der Waals surface area contributed by atoms with Gasteiger partial charge in [-0.15, -0.1) is 0 Å². The molecular formula is C21H20ClFN2O3S. The molecule has 2 atom stereocenters. The van der Waals surface area contributed by atoms with Gasteiger partial charge in [-0.2, -0.15) is 0 Å². The van der Waals surface area contributed by atoms with Gasteiger partial charge in [0.2, 0.25) is 0 Å². The maximum absolute atomic E-state index is 14.2. The minimum absolute atomic E-state index is 0.0326. The number of fused-ring (bicyclic) bond motifs is 1. The van der Waals surface area contributed by atoms with E-state index < -0.39 is 15.7 Å². The van der Waals surface area contributed by atoms with Gasteiger partial charge in [-0.3, -0.25) is 0 Å². The van der Waals surface area contributed by atoms with E-state index in [1.165, 1.54) is 12.1 Å². The van der Waals surface area contributed by atoms with Crippen LogP contribution in [-0.4, -0.2) is 31.2 Å². The number of benzene rings is 2. The Hall–Kier alpha value is -2.38. The first-order chi connectivity index (χ1) is 13.7. The van der Waals surface area contributed by atoms with Crippen molar-refractivity contribution in [2.24, 2.45) is 5.92 Å². The number of nitrogens with one attached hydrogen (secondary N) is 1. The first-order valence-corrected chi connectivity index (χ1v) is 11.4. The summed E-state index contributed by atoms with van der Waals surface area (Å²) < 4.78 is 44.4. The smallest absolute Gasteiger partial charge is 0.192 e. The van der Waals surface area contributed by atoms with Gasteiger partial charge in [0, 0.05) is 18.1 Å². The highest BCUT2D eigenvalue weighted by Crippen LogP contribution is 2.39. The molecule has 1 N–H and O–H groups in total. The number of hydrogen-bond donors (Lipinski definition) is 1. The summed E-state index contributed by atoms with van der Waals surface area (Å²) in [6, 6.07) is 12.4. The molecule has 0 radical (unpaired) electrons. The molecule has 5 nitrogen and oxygen atoms in total. The van der Waals surface area contributed by atoms with Crippen molar-refractivity contribution in [3.63, 3.8) is 0 Å². The molecule has 1 aromatic heterocycles. The van der Waals surface area contributed by atoms with E-state index in [1.807, 2.05) is 24.3 Å². The average Bonchev–Trinajstić information content (AvgIpc) is 3.06. The molecule has 0 saturated carbocycles. The van der Waals surface area contributed by atoms with Crippen LogP contribution in [0.2, 0.25) is 5.02 Å². The number of aromatic amines is 1. The third-order valence-corrected chi connectivity index (χ3v) is 6.65. The highest BCUT2D eigenvalue weighted by atomic mass is 35.5. The quantitative estimate of drug-likeness (QED) is 0.664. The van der Waals surface area contributed by atoms with Gasteiger partial charge < -0.3 is 9.72 Å². The molecule has 0 bridgehead atoms. The van der Waals surface area contributed by atoms with Crippen molar-refractivity contribution in [3.05, 3.63) is 75.9 Å². The Morgan fingerprint density at radius 2 is 2.03 bits per heavy atom. The second-order valence-corrected chi connectivity index (χ2v) is 9.70. The number of hydrogen-bond acceptors (Lipinski definition) is 4. The Kier molecular flexibility index (Phi) is 5.12. The van der Waals surface area contributed by atoms with Gasteiger partial charge in [-0.25, -0.2) is 17.8 Å². The molecular weight excluding hydrogens is 415 g/mol. The SMILES string of the molecule is Cc1nc(C(c2ccc(Cl)c(F)c2)C2COc3ccccc3C2)[nH]c1S(C)(=O)=O. The van der Waals surface area contributed by atoms with Crippen molar-refractivity contribution < 1.29 is 17.5 Å². The van der Waals surface area contributed by atoms with Gasteiger partial charge in [-0.05, 0) is 42.7 Å². The van der Waals surface area contributed by atoms with Crippen molar-refractivity contribution in [2.75, 3.05) is 12.9 Å². The molecule has 4 rings (SSSR count). The first-order valence-electron chi connectivity index (χ1n) is 9.16. The van der Waals surface area contributed by atoms with Crippen LogP contribution < -0.4 is 4.74 Å². The Morgan fingerprint density at radius 3 is 2.72 bits per heavy atom. The van der Waals surface area contributed by atoms with Gasteiger partial charge in [0.1, 0.15) is 17.4 Å². The zero-order valence-corrected chi connectivity index (χ0v) is 17.5. The van der Waals surface area contributed by atoms with Crippen LogP contribution in [0.5, 0.6) is 5.75 Å². The van der Waals surface area contributed by atoms with Gasteiger partial charge in [0.15, 0.2) is 14.9 Å². The molecule has 1 aliphatic heterocycles. The average molecular weight is 435 g/mol. The molecule has 0 amide bonds. The largest absolute Gasteiger partial charge is 0.493 e. The Bertz CT molecular complexity index is 1180. The van der Waals surface area contributed by atoms with Crippen LogP contribution in [0, 0.1) is 18.7 Å². The summed E-state index contributed by atoms with van der Waals surface area (Å²) in [6.07, 6.45) is 1.83. The standard InChI is InChI=1S/C21H20ClFN2O3S/c1-12-21(29(2,26)27)25-20(24-12)19(14-7-8-16(22)17(23)10-14)15-9-13-5-3-4-6-18(13)28-11-15/h3-8,10,15,19H,9,11H2,1-2H3,(H,24,25). The van der Waals surface area contributed by atoms with Crippen LogP contribution >= 0.6 is 11.6 Å². The lowest BCUT2D eigenvalue weighted by Crippen LogP contribution is -2.28. The first kappa shape index (κ1) is 19.9. The normalized spacial score (nSPS) is 17.4. The monoisotopic (exact) mass is 434 g/mol. The van der Waals surface area contributed by atoms with Crippen molar-refractivity contribution >= 4 is 21.4 Å². The number of aromatic nitrogens is 2. The Balaban J connectivity index is 1.81. The van der Waals surface area contributed by atoms with Gasteiger partial charge in [0.25, 0.3) is 0 Å². The minimum Gasteiger partial charge on any atom is -0.493 e. The highest BCUT2D eigenvalue weighted by Gasteiger charge is 2.33. The summed E-state index contributed by atoms with van der Waals surface area (Å²) in [6.45, 7) is 2.04. The van der Waals surface area contributed by atoms with Crippen molar-refractivity contribution in [1.29, 1.82) is 0 Å². The minimum atomic E-state index is -3.47. The van der Waals surface area contributed by atoms with E-state index in [9.17, 15) is 12.8 Å². The number of sulfone groups is 1. The van der Waals surface area contributed by atoms with E-state index in [-0.39, 0.29) is 21.9 Å². The summed E-state index contributed by atoms with van der Waals surface area (Å²) >= 11 is 5.87. The number of ether oxygens (including phenoxy) is 1. The number of aryl methyl sites for hydroxylation is 1. The van der Waals surface area contributed by atoms with Gasteiger partial charge in [0.05, 0.1) is 17.3 Å². The van der Waals surface area contributed by atoms with Crippen LogP contribution in [0.15, 0.2) is 47.5 Å². The number of H-pyrrole nitrogens is 1. The predicted octanol–water partition coefficient (Wildman–Crippen LogP) is 4.30. The van der Waals surface area contributed by atoms with Crippen LogP contribution in [0.1, 0.15) is 28.6 Å². The zero-order chi connectivity index (χ0) is 20.8. The second kappa shape index (κ2) is 7.46. The summed E-state index contributed by atoms with van der Waals surface area (Å²) in [7, 11) is -3.47. The molecule has 0 spiro atoms.